The van der Waals surface area contributed by atoms with E-state index in [1.807, 2.05) is 31.2 Å². The van der Waals surface area contributed by atoms with E-state index in [1.165, 1.54) is 0 Å². The van der Waals surface area contributed by atoms with E-state index in [9.17, 15) is 0 Å². The number of halogens is 1. The summed E-state index contributed by atoms with van der Waals surface area (Å²) in [5.41, 5.74) is 2.02. The number of aliphatic hydroxyl groups is 1. The van der Waals surface area contributed by atoms with Gasteiger partial charge in [-0.1, -0.05) is 24.6 Å². The molecule has 0 aliphatic rings. The third kappa shape index (κ3) is 2.80. The molecule has 0 saturated heterocycles. The number of hydrogen-bond acceptors (Lipinski definition) is 3. The molecule has 1 aromatic carbocycles. The first kappa shape index (κ1) is 13.3. The molecule has 0 unspecified atom stereocenters. The highest BCUT2D eigenvalue weighted by Gasteiger charge is 2.08. The summed E-state index contributed by atoms with van der Waals surface area (Å²) in [6, 6.07) is 7.85. The van der Waals surface area contributed by atoms with E-state index in [0.717, 1.165) is 27.9 Å². The highest BCUT2D eigenvalue weighted by atomic mass is 35.5. The second kappa shape index (κ2) is 6.14. The predicted octanol–water partition coefficient (Wildman–Crippen LogP) is 2.75. The SMILES string of the molecule is CC[C@@H](CO)NCc1ccc(Cl)c2cccnc12. The van der Waals surface area contributed by atoms with Crippen molar-refractivity contribution < 1.29 is 5.11 Å². The van der Waals surface area contributed by atoms with E-state index >= 15 is 0 Å². The quantitative estimate of drug-likeness (QED) is 0.873. The van der Waals surface area contributed by atoms with Crippen molar-refractivity contribution in [1.29, 1.82) is 0 Å². The van der Waals surface area contributed by atoms with Gasteiger partial charge in [-0.2, -0.15) is 0 Å². The van der Waals surface area contributed by atoms with E-state index in [2.05, 4.69) is 10.3 Å². The predicted molar refractivity (Wildman–Crippen MR) is 74.8 cm³/mol. The van der Waals surface area contributed by atoms with Crippen LogP contribution in [0.3, 0.4) is 0 Å². The normalized spacial score (nSPS) is 12.8. The van der Waals surface area contributed by atoms with Gasteiger partial charge in [0.1, 0.15) is 0 Å². The number of rotatable bonds is 5. The second-order valence-corrected chi connectivity index (χ2v) is 4.68. The Morgan fingerprint density at radius 1 is 1.39 bits per heavy atom. The number of benzene rings is 1. The minimum absolute atomic E-state index is 0.124. The van der Waals surface area contributed by atoms with Crippen molar-refractivity contribution in [2.24, 2.45) is 0 Å². The monoisotopic (exact) mass is 264 g/mol. The molecule has 0 amide bonds. The fourth-order valence-corrected chi connectivity index (χ4v) is 2.15. The summed E-state index contributed by atoms with van der Waals surface area (Å²) in [5, 5.41) is 14.2. The average molecular weight is 265 g/mol. The van der Waals surface area contributed by atoms with Crippen LogP contribution in [0.4, 0.5) is 0 Å². The molecule has 2 N–H and O–H groups in total. The van der Waals surface area contributed by atoms with Gasteiger partial charge in [0.15, 0.2) is 0 Å². The molecule has 0 saturated carbocycles. The van der Waals surface area contributed by atoms with Gasteiger partial charge < -0.3 is 10.4 Å². The first-order valence-electron chi connectivity index (χ1n) is 6.12. The van der Waals surface area contributed by atoms with Crippen molar-refractivity contribution in [3.63, 3.8) is 0 Å². The Hall–Kier alpha value is -1.16. The van der Waals surface area contributed by atoms with Crippen molar-refractivity contribution in [3.8, 4) is 0 Å². The largest absolute Gasteiger partial charge is 0.395 e. The van der Waals surface area contributed by atoms with Crippen LogP contribution < -0.4 is 5.32 Å². The van der Waals surface area contributed by atoms with E-state index in [1.54, 1.807) is 6.20 Å². The first-order valence-corrected chi connectivity index (χ1v) is 6.50. The molecular formula is C14H17ClN2O. The molecule has 96 valence electrons. The minimum atomic E-state index is 0.124. The summed E-state index contributed by atoms with van der Waals surface area (Å²) >= 11 is 6.15. The van der Waals surface area contributed by atoms with Crippen LogP contribution in [0.15, 0.2) is 30.5 Å². The third-order valence-electron chi connectivity index (χ3n) is 3.09. The van der Waals surface area contributed by atoms with Gasteiger partial charge in [0, 0.05) is 29.2 Å². The maximum Gasteiger partial charge on any atom is 0.0761 e. The maximum atomic E-state index is 9.16. The van der Waals surface area contributed by atoms with Gasteiger partial charge in [-0.3, -0.25) is 4.98 Å². The Morgan fingerprint density at radius 3 is 2.94 bits per heavy atom. The lowest BCUT2D eigenvalue weighted by Gasteiger charge is -2.15. The lowest BCUT2D eigenvalue weighted by Crippen LogP contribution is -2.31. The van der Waals surface area contributed by atoms with Crippen molar-refractivity contribution in [2.75, 3.05) is 6.61 Å². The van der Waals surface area contributed by atoms with Gasteiger partial charge in [-0.15, -0.1) is 0 Å². The summed E-state index contributed by atoms with van der Waals surface area (Å²) in [6.45, 7) is 2.88. The molecule has 1 aromatic heterocycles. The number of nitrogens with one attached hydrogen (secondary N) is 1. The number of aliphatic hydroxyl groups excluding tert-OH is 1. The fourth-order valence-electron chi connectivity index (χ4n) is 1.93. The highest BCUT2D eigenvalue weighted by Crippen LogP contribution is 2.24. The van der Waals surface area contributed by atoms with Crippen molar-refractivity contribution in [1.82, 2.24) is 10.3 Å². The Morgan fingerprint density at radius 2 is 2.22 bits per heavy atom. The molecule has 0 aliphatic heterocycles. The molecule has 0 radical (unpaired) electrons. The molecular weight excluding hydrogens is 248 g/mol. The van der Waals surface area contributed by atoms with E-state index in [0.29, 0.717) is 6.54 Å². The molecule has 1 atom stereocenters. The zero-order valence-corrected chi connectivity index (χ0v) is 11.1. The van der Waals surface area contributed by atoms with Gasteiger partial charge >= 0.3 is 0 Å². The maximum absolute atomic E-state index is 9.16. The van der Waals surface area contributed by atoms with E-state index in [4.69, 9.17) is 16.7 Å². The zero-order valence-electron chi connectivity index (χ0n) is 10.4. The summed E-state index contributed by atoms with van der Waals surface area (Å²) in [5.74, 6) is 0. The standard InChI is InChI=1S/C14H17ClN2O/c1-2-11(9-18)17-8-10-5-6-13(15)12-4-3-7-16-14(10)12/h3-7,11,17-18H,2,8-9H2,1H3/t11-/m0/s1. The van der Waals surface area contributed by atoms with Crippen molar-refractivity contribution >= 4 is 22.5 Å². The molecule has 3 nitrogen and oxygen atoms in total. The van der Waals surface area contributed by atoms with E-state index < -0.39 is 0 Å². The van der Waals surface area contributed by atoms with Crippen LogP contribution in [0, 0.1) is 0 Å². The lowest BCUT2D eigenvalue weighted by atomic mass is 10.1. The minimum Gasteiger partial charge on any atom is -0.395 e. The number of aromatic nitrogens is 1. The second-order valence-electron chi connectivity index (χ2n) is 4.27. The number of hydrogen-bond donors (Lipinski definition) is 2. The van der Waals surface area contributed by atoms with Crippen LogP contribution in [0.25, 0.3) is 10.9 Å². The third-order valence-corrected chi connectivity index (χ3v) is 3.42. The molecule has 4 heteroatoms. The molecule has 0 fully saturated rings. The van der Waals surface area contributed by atoms with Crippen LogP contribution in [0.2, 0.25) is 5.02 Å². The van der Waals surface area contributed by atoms with Crippen LogP contribution >= 0.6 is 11.6 Å². The molecule has 18 heavy (non-hydrogen) atoms. The fraction of sp³-hybridized carbons (Fsp3) is 0.357. The highest BCUT2D eigenvalue weighted by molar-refractivity contribution is 6.35. The summed E-state index contributed by atoms with van der Waals surface area (Å²) < 4.78 is 0. The Labute approximate surface area is 112 Å². The van der Waals surface area contributed by atoms with Crippen molar-refractivity contribution in [3.05, 3.63) is 41.0 Å². The average Bonchev–Trinajstić information content (AvgIpc) is 2.42. The molecule has 2 aromatic rings. The lowest BCUT2D eigenvalue weighted by molar-refractivity contribution is 0.238. The number of pyridine rings is 1. The van der Waals surface area contributed by atoms with Gasteiger partial charge in [0.25, 0.3) is 0 Å². The summed E-state index contributed by atoms with van der Waals surface area (Å²) in [6.07, 6.45) is 2.67. The molecule has 1 heterocycles. The van der Waals surface area contributed by atoms with E-state index in [-0.39, 0.29) is 12.6 Å². The van der Waals surface area contributed by atoms with Gasteiger partial charge in [0.2, 0.25) is 0 Å². The molecule has 0 bridgehead atoms. The van der Waals surface area contributed by atoms with Crippen LogP contribution in [0.5, 0.6) is 0 Å². The van der Waals surface area contributed by atoms with Crippen LogP contribution in [-0.4, -0.2) is 22.7 Å². The summed E-state index contributed by atoms with van der Waals surface area (Å²) in [7, 11) is 0. The Bertz CT molecular complexity index is 526. The van der Waals surface area contributed by atoms with Gasteiger partial charge in [-0.05, 0) is 30.2 Å². The molecule has 0 aliphatic carbocycles. The molecule has 2 rings (SSSR count). The smallest absolute Gasteiger partial charge is 0.0761 e. The Kier molecular flexibility index (Phi) is 4.53. The Balaban J connectivity index is 2.26. The first-order chi connectivity index (χ1) is 8.76. The number of nitrogens with zero attached hydrogens (tertiary/aromatic N) is 1. The van der Waals surface area contributed by atoms with Gasteiger partial charge in [0.05, 0.1) is 12.1 Å². The van der Waals surface area contributed by atoms with Gasteiger partial charge in [-0.25, -0.2) is 0 Å². The van der Waals surface area contributed by atoms with Crippen molar-refractivity contribution in [2.45, 2.75) is 25.9 Å². The number of fused-ring (bicyclic) bond motifs is 1. The van der Waals surface area contributed by atoms with Crippen LogP contribution in [0.1, 0.15) is 18.9 Å². The zero-order chi connectivity index (χ0) is 13.0. The topological polar surface area (TPSA) is 45.1 Å². The van der Waals surface area contributed by atoms with Crippen LogP contribution in [-0.2, 0) is 6.54 Å². The summed E-state index contributed by atoms with van der Waals surface area (Å²) in [4.78, 5) is 4.38. The molecule has 0 spiro atoms.